The van der Waals surface area contributed by atoms with Gasteiger partial charge < -0.3 is 14.8 Å². The minimum absolute atomic E-state index is 0.320. The minimum Gasteiger partial charge on any atom is -0.497 e. The Kier molecular flexibility index (Phi) is 4.61. The summed E-state index contributed by atoms with van der Waals surface area (Å²) in [5.41, 5.74) is 1.26. The second-order valence-electron chi connectivity index (χ2n) is 5.06. The molecule has 18 heavy (non-hydrogen) atoms. The molecule has 1 aliphatic carbocycles. The van der Waals surface area contributed by atoms with Gasteiger partial charge in [0.05, 0.1) is 13.7 Å². The largest absolute Gasteiger partial charge is 0.497 e. The van der Waals surface area contributed by atoms with Gasteiger partial charge in [-0.1, -0.05) is 12.1 Å². The van der Waals surface area contributed by atoms with Gasteiger partial charge in [0.15, 0.2) is 0 Å². The van der Waals surface area contributed by atoms with Gasteiger partial charge in [-0.25, -0.2) is 0 Å². The Morgan fingerprint density at radius 2 is 2.11 bits per heavy atom. The van der Waals surface area contributed by atoms with E-state index < -0.39 is 0 Å². The Labute approximate surface area is 109 Å². The lowest BCUT2D eigenvalue weighted by molar-refractivity contribution is 0.152. The van der Waals surface area contributed by atoms with E-state index in [0.717, 1.165) is 18.3 Å². The van der Waals surface area contributed by atoms with E-state index in [1.54, 1.807) is 14.2 Å². The van der Waals surface area contributed by atoms with E-state index in [4.69, 9.17) is 9.47 Å². The number of hydrogen-bond donors (Lipinski definition) is 1. The smallest absolute Gasteiger partial charge is 0.119 e. The molecule has 3 heteroatoms. The molecule has 1 aromatic rings. The maximum Gasteiger partial charge on any atom is 0.119 e. The predicted octanol–water partition coefficient (Wildman–Crippen LogP) is 2.77. The zero-order chi connectivity index (χ0) is 13.0. The maximum absolute atomic E-state index is 5.30. The summed E-state index contributed by atoms with van der Waals surface area (Å²) in [6, 6.07) is 9.03. The lowest BCUT2D eigenvalue weighted by Crippen LogP contribution is -2.36. The standard InChI is InChI=1S/C15H23NO2/c1-11(13-5-4-6-14(9-13)18-3)16-15(10-17-2)12-7-8-12/h4-6,9,11-12,15-16H,7-8,10H2,1-3H3/t11-,15?/m0/s1. The highest BCUT2D eigenvalue weighted by Crippen LogP contribution is 2.34. The van der Waals surface area contributed by atoms with E-state index in [9.17, 15) is 0 Å². The molecule has 0 aliphatic heterocycles. The van der Waals surface area contributed by atoms with Crippen LogP contribution in [-0.2, 0) is 4.74 Å². The zero-order valence-electron chi connectivity index (χ0n) is 11.5. The van der Waals surface area contributed by atoms with Crippen LogP contribution in [0.2, 0.25) is 0 Å². The molecule has 1 aliphatic rings. The van der Waals surface area contributed by atoms with Crippen molar-refractivity contribution < 1.29 is 9.47 Å². The molecule has 0 aromatic heterocycles. The van der Waals surface area contributed by atoms with Crippen LogP contribution in [0.25, 0.3) is 0 Å². The van der Waals surface area contributed by atoms with Crippen LogP contribution in [0, 0.1) is 5.92 Å². The van der Waals surface area contributed by atoms with Crippen LogP contribution in [0.5, 0.6) is 5.75 Å². The molecule has 1 aromatic carbocycles. The van der Waals surface area contributed by atoms with Crippen LogP contribution < -0.4 is 10.1 Å². The molecule has 1 N–H and O–H groups in total. The molecule has 1 unspecified atom stereocenters. The Bertz CT molecular complexity index is 377. The third kappa shape index (κ3) is 3.47. The summed E-state index contributed by atoms with van der Waals surface area (Å²) in [5, 5.41) is 3.67. The number of ether oxygens (including phenoxy) is 2. The van der Waals surface area contributed by atoms with Crippen molar-refractivity contribution in [3.8, 4) is 5.75 Å². The fraction of sp³-hybridized carbons (Fsp3) is 0.600. The summed E-state index contributed by atoms with van der Waals surface area (Å²) >= 11 is 0. The molecule has 0 amide bonds. The summed E-state index contributed by atoms with van der Waals surface area (Å²) in [5.74, 6) is 1.70. The van der Waals surface area contributed by atoms with Crippen LogP contribution in [0.1, 0.15) is 31.4 Å². The number of nitrogens with one attached hydrogen (secondary N) is 1. The quantitative estimate of drug-likeness (QED) is 0.806. The van der Waals surface area contributed by atoms with Crippen LogP contribution in [0.3, 0.4) is 0 Å². The first kappa shape index (κ1) is 13.4. The van der Waals surface area contributed by atoms with Gasteiger partial charge in [0, 0.05) is 19.2 Å². The van der Waals surface area contributed by atoms with Crippen LogP contribution in [-0.4, -0.2) is 26.9 Å². The minimum atomic E-state index is 0.320. The van der Waals surface area contributed by atoms with E-state index in [1.807, 2.05) is 12.1 Å². The van der Waals surface area contributed by atoms with Crippen molar-refractivity contribution >= 4 is 0 Å². The van der Waals surface area contributed by atoms with Gasteiger partial charge >= 0.3 is 0 Å². The first-order chi connectivity index (χ1) is 8.74. The highest BCUT2D eigenvalue weighted by atomic mass is 16.5. The highest BCUT2D eigenvalue weighted by Gasteiger charge is 2.31. The molecule has 1 fully saturated rings. The summed E-state index contributed by atoms with van der Waals surface area (Å²) in [6.07, 6.45) is 2.65. The molecule has 0 bridgehead atoms. The fourth-order valence-corrected chi connectivity index (χ4v) is 2.33. The number of benzene rings is 1. The zero-order valence-corrected chi connectivity index (χ0v) is 11.5. The molecule has 1 saturated carbocycles. The van der Waals surface area contributed by atoms with Gasteiger partial charge in [0.25, 0.3) is 0 Å². The molecular formula is C15H23NO2. The predicted molar refractivity (Wildman–Crippen MR) is 72.9 cm³/mol. The summed E-state index contributed by atoms with van der Waals surface area (Å²) in [7, 11) is 3.47. The average molecular weight is 249 g/mol. The molecule has 0 heterocycles. The fourth-order valence-electron chi connectivity index (χ4n) is 2.33. The molecule has 0 saturated heterocycles. The van der Waals surface area contributed by atoms with Crippen molar-refractivity contribution in [3.63, 3.8) is 0 Å². The first-order valence-electron chi connectivity index (χ1n) is 6.63. The molecule has 100 valence electrons. The van der Waals surface area contributed by atoms with Gasteiger partial charge in [-0.2, -0.15) is 0 Å². The molecule has 2 rings (SSSR count). The van der Waals surface area contributed by atoms with Crippen LogP contribution in [0.15, 0.2) is 24.3 Å². The molecule has 0 radical (unpaired) electrons. The number of rotatable bonds is 7. The van der Waals surface area contributed by atoms with Gasteiger partial charge in [0.2, 0.25) is 0 Å². The van der Waals surface area contributed by atoms with E-state index in [1.165, 1.54) is 18.4 Å². The Morgan fingerprint density at radius 1 is 1.33 bits per heavy atom. The van der Waals surface area contributed by atoms with Gasteiger partial charge in [0.1, 0.15) is 5.75 Å². The van der Waals surface area contributed by atoms with Crippen molar-refractivity contribution in [2.75, 3.05) is 20.8 Å². The van der Waals surface area contributed by atoms with E-state index in [-0.39, 0.29) is 0 Å². The van der Waals surface area contributed by atoms with E-state index in [0.29, 0.717) is 12.1 Å². The van der Waals surface area contributed by atoms with Crippen molar-refractivity contribution in [2.24, 2.45) is 5.92 Å². The number of methoxy groups -OCH3 is 2. The second kappa shape index (κ2) is 6.21. The van der Waals surface area contributed by atoms with E-state index in [2.05, 4.69) is 24.4 Å². The van der Waals surface area contributed by atoms with Crippen molar-refractivity contribution in [3.05, 3.63) is 29.8 Å². The highest BCUT2D eigenvalue weighted by molar-refractivity contribution is 5.30. The SMILES string of the molecule is COCC(N[C@@H](C)c1cccc(OC)c1)C1CC1. The van der Waals surface area contributed by atoms with Crippen LogP contribution >= 0.6 is 0 Å². The number of hydrogen-bond acceptors (Lipinski definition) is 3. The normalized spacial score (nSPS) is 18.4. The Hall–Kier alpha value is -1.06. The Morgan fingerprint density at radius 3 is 2.72 bits per heavy atom. The monoisotopic (exact) mass is 249 g/mol. The van der Waals surface area contributed by atoms with Crippen LogP contribution in [0.4, 0.5) is 0 Å². The lowest BCUT2D eigenvalue weighted by Gasteiger charge is -2.23. The van der Waals surface area contributed by atoms with Gasteiger partial charge in [-0.05, 0) is 43.4 Å². The molecular weight excluding hydrogens is 226 g/mol. The molecule has 0 spiro atoms. The van der Waals surface area contributed by atoms with Crippen molar-refractivity contribution in [1.82, 2.24) is 5.32 Å². The summed E-state index contributed by atoms with van der Waals surface area (Å²) < 4.78 is 10.6. The topological polar surface area (TPSA) is 30.5 Å². The lowest BCUT2D eigenvalue weighted by atomic mass is 10.1. The van der Waals surface area contributed by atoms with Crippen molar-refractivity contribution in [1.29, 1.82) is 0 Å². The summed E-state index contributed by atoms with van der Waals surface area (Å²) in [6.45, 7) is 2.98. The Balaban J connectivity index is 1.98. The second-order valence-corrected chi connectivity index (χ2v) is 5.06. The van der Waals surface area contributed by atoms with Crippen molar-refractivity contribution in [2.45, 2.75) is 31.8 Å². The van der Waals surface area contributed by atoms with E-state index >= 15 is 0 Å². The molecule has 3 nitrogen and oxygen atoms in total. The first-order valence-corrected chi connectivity index (χ1v) is 6.63. The third-order valence-electron chi connectivity index (χ3n) is 3.60. The molecule has 2 atom stereocenters. The van der Waals surface area contributed by atoms with Gasteiger partial charge in [-0.3, -0.25) is 0 Å². The summed E-state index contributed by atoms with van der Waals surface area (Å²) in [4.78, 5) is 0. The average Bonchev–Trinajstić information content (AvgIpc) is 3.22. The van der Waals surface area contributed by atoms with Gasteiger partial charge in [-0.15, -0.1) is 0 Å². The third-order valence-corrected chi connectivity index (χ3v) is 3.60. The maximum atomic E-state index is 5.30.